The van der Waals surface area contributed by atoms with Crippen molar-refractivity contribution in [3.63, 3.8) is 0 Å². The first kappa shape index (κ1) is 12.9. The molecule has 100 valence electrons. The second kappa shape index (κ2) is 5.51. The maximum Gasteiger partial charge on any atom is 0.228 e. The Hall–Kier alpha value is -2.07. The van der Waals surface area contributed by atoms with Crippen molar-refractivity contribution >= 4 is 38.4 Å². The maximum atomic E-state index is 12.0. The van der Waals surface area contributed by atoms with Crippen LogP contribution in [0.4, 0.5) is 5.69 Å². The Morgan fingerprint density at radius 3 is 2.70 bits per heavy atom. The number of carbonyl (C=O) groups excluding carboxylic acids is 1. The van der Waals surface area contributed by atoms with E-state index in [0.717, 1.165) is 26.6 Å². The average Bonchev–Trinajstić information content (AvgIpc) is 2.89. The molecule has 0 saturated heterocycles. The number of H-pyrrole nitrogens is 1. The average molecular weight is 329 g/mol. The number of halogens is 1. The van der Waals surface area contributed by atoms with Gasteiger partial charge in [0.25, 0.3) is 0 Å². The monoisotopic (exact) mass is 328 g/mol. The maximum absolute atomic E-state index is 12.0. The van der Waals surface area contributed by atoms with Gasteiger partial charge in [-0.1, -0.05) is 28.1 Å². The predicted octanol–water partition coefficient (Wildman–Crippen LogP) is 4.11. The summed E-state index contributed by atoms with van der Waals surface area (Å²) >= 11 is 3.38. The first-order valence-electron chi connectivity index (χ1n) is 6.32. The quantitative estimate of drug-likeness (QED) is 0.746. The van der Waals surface area contributed by atoms with Crippen molar-refractivity contribution in [3.05, 3.63) is 64.8 Å². The first-order chi connectivity index (χ1) is 9.70. The van der Waals surface area contributed by atoms with Crippen LogP contribution >= 0.6 is 15.9 Å². The predicted molar refractivity (Wildman–Crippen MR) is 84.8 cm³/mol. The minimum Gasteiger partial charge on any atom is -0.361 e. The van der Waals surface area contributed by atoms with Gasteiger partial charge in [0.05, 0.1) is 6.42 Å². The van der Waals surface area contributed by atoms with Gasteiger partial charge in [-0.05, 0) is 42.0 Å². The van der Waals surface area contributed by atoms with E-state index in [1.165, 1.54) is 0 Å². The number of aromatic amines is 1. The fourth-order valence-corrected chi connectivity index (χ4v) is 2.39. The third kappa shape index (κ3) is 2.91. The molecule has 0 spiro atoms. The molecule has 2 aromatic carbocycles. The van der Waals surface area contributed by atoms with E-state index in [-0.39, 0.29) is 5.91 Å². The molecule has 0 radical (unpaired) electrons. The molecule has 0 atom stereocenters. The van der Waals surface area contributed by atoms with Crippen LogP contribution in [-0.4, -0.2) is 10.9 Å². The highest BCUT2D eigenvalue weighted by atomic mass is 79.9. The highest BCUT2D eigenvalue weighted by Crippen LogP contribution is 2.18. The Labute approximate surface area is 125 Å². The molecule has 1 aromatic heterocycles. The van der Waals surface area contributed by atoms with Gasteiger partial charge >= 0.3 is 0 Å². The van der Waals surface area contributed by atoms with Gasteiger partial charge < -0.3 is 10.3 Å². The summed E-state index contributed by atoms with van der Waals surface area (Å²) < 4.78 is 1.01. The fourth-order valence-electron chi connectivity index (χ4n) is 2.12. The van der Waals surface area contributed by atoms with Crippen LogP contribution in [0.3, 0.4) is 0 Å². The van der Waals surface area contributed by atoms with E-state index < -0.39 is 0 Å². The second-order valence-electron chi connectivity index (χ2n) is 4.63. The first-order valence-corrected chi connectivity index (χ1v) is 7.11. The Morgan fingerprint density at radius 1 is 1.10 bits per heavy atom. The van der Waals surface area contributed by atoms with Crippen molar-refractivity contribution in [3.8, 4) is 0 Å². The number of fused-ring (bicyclic) bond motifs is 1. The number of aromatic nitrogens is 1. The molecule has 1 amide bonds. The van der Waals surface area contributed by atoms with Crippen LogP contribution in [0, 0.1) is 0 Å². The third-order valence-corrected chi connectivity index (χ3v) is 3.64. The minimum absolute atomic E-state index is 0.0118. The largest absolute Gasteiger partial charge is 0.361 e. The molecule has 3 nitrogen and oxygen atoms in total. The van der Waals surface area contributed by atoms with Crippen LogP contribution < -0.4 is 5.32 Å². The molecule has 0 aliphatic heterocycles. The number of nitrogens with one attached hydrogen (secondary N) is 2. The van der Waals surface area contributed by atoms with Crippen molar-refractivity contribution in [2.24, 2.45) is 0 Å². The van der Waals surface area contributed by atoms with Gasteiger partial charge in [0, 0.05) is 27.3 Å². The van der Waals surface area contributed by atoms with Gasteiger partial charge in [0.1, 0.15) is 0 Å². The van der Waals surface area contributed by atoms with Crippen molar-refractivity contribution in [1.29, 1.82) is 0 Å². The van der Waals surface area contributed by atoms with Crippen LogP contribution in [0.1, 0.15) is 5.56 Å². The van der Waals surface area contributed by atoms with Crippen molar-refractivity contribution in [2.75, 3.05) is 5.32 Å². The van der Waals surface area contributed by atoms with Gasteiger partial charge in [-0.25, -0.2) is 0 Å². The summed E-state index contributed by atoms with van der Waals surface area (Å²) in [6, 6.07) is 15.6. The summed E-state index contributed by atoms with van der Waals surface area (Å²) in [4.78, 5) is 15.1. The van der Waals surface area contributed by atoms with E-state index in [2.05, 4.69) is 26.2 Å². The molecule has 0 bridgehead atoms. The summed E-state index contributed by atoms with van der Waals surface area (Å²) in [6.45, 7) is 0. The van der Waals surface area contributed by atoms with Crippen LogP contribution in [0.25, 0.3) is 10.9 Å². The van der Waals surface area contributed by atoms with E-state index in [1.807, 2.05) is 54.7 Å². The number of hydrogen-bond donors (Lipinski definition) is 2. The summed E-state index contributed by atoms with van der Waals surface area (Å²) in [6.07, 6.45) is 2.26. The van der Waals surface area contributed by atoms with E-state index in [9.17, 15) is 4.79 Å². The summed E-state index contributed by atoms with van der Waals surface area (Å²) in [5.74, 6) is -0.0118. The molecule has 2 N–H and O–H groups in total. The molecular weight excluding hydrogens is 316 g/mol. The SMILES string of the molecule is O=C(Cc1ccc(Br)cc1)Nc1ccc2[nH]ccc2c1. The lowest BCUT2D eigenvalue weighted by Gasteiger charge is -2.06. The molecule has 0 aliphatic carbocycles. The molecule has 4 heteroatoms. The second-order valence-corrected chi connectivity index (χ2v) is 5.55. The number of amides is 1. The molecule has 0 aliphatic rings. The van der Waals surface area contributed by atoms with Gasteiger partial charge in [-0.2, -0.15) is 0 Å². The molecule has 0 fully saturated rings. The Kier molecular flexibility index (Phi) is 3.56. The topological polar surface area (TPSA) is 44.9 Å². The van der Waals surface area contributed by atoms with Crippen molar-refractivity contribution < 1.29 is 4.79 Å². The number of carbonyl (C=O) groups is 1. The lowest BCUT2D eigenvalue weighted by Crippen LogP contribution is -2.14. The van der Waals surface area contributed by atoms with Crippen molar-refractivity contribution in [1.82, 2.24) is 4.98 Å². The zero-order valence-corrected chi connectivity index (χ0v) is 12.3. The molecule has 0 unspecified atom stereocenters. The molecule has 3 rings (SSSR count). The molecule has 0 saturated carbocycles. The Bertz CT molecular complexity index is 747. The van der Waals surface area contributed by atoms with Crippen LogP contribution in [0.5, 0.6) is 0 Å². The van der Waals surface area contributed by atoms with Gasteiger partial charge in [-0.3, -0.25) is 4.79 Å². The van der Waals surface area contributed by atoms with Gasteiger partial charge in [0.2, 0.25) is 5.91 Å². The zero-order valence-electron chi connectivity index (χ0n) is 10.7. The van der Waals surface area contributed by atoms with E-state index in [1.54, 1.807) is 0 Å². The van der Waals surface area contributed by atoms with E-state index >= 15 is 0 Å². The number of hydrogen-bond acceptors (Lipinski definition) is 1. The van der Waals surface area contributed by atoms with E-state index in [0.29, 0.717) is 6.42 Å². The van der Waals surface area contributed by atoms with Gasteiger partial charge in [-0.15, -0.1) is 0 Å². The summed E-state index contributed by atoms with van der Waals surface area (Å²) in [7, 11) is 0. The smallest absolute Gasteiger partial charge is 0.228 e. The lowest BCUT2D eigenvalue weighted by atomic mass is 10.1. The molecule has 3 aromatic rings. The fraction of sp³-hybridized carbons (Fsp3) is 0.0625. The molecule has 20 heavy (non-hydrogen) atoms. The number of benzene rings is 2. The standard InChI is InChI=1S/C16H13BrN2O/c17-13-3-1-11(2-4-13)9-16(20)19-14-5-6-15-12(10-14)7-8-18-15/h1-8,10,18H,9H2,(H,19,20). The van der Waals surface area contributed by atoms with Crippen molar-refractivity contribution in [2.45, 2.75) is 6.42 Å². The van der Waals surface area contributed by atoms with E-state index in [4.69, 9.17) is 0 Å². The number of rotatable bonds is 3. The summed E-state index contributed by atoms with van der Waals surface area (Å²) in [5.41, 5.74) is 2.88. The zero-order chi connectivity index (χ0) is 13.9. The van der Waals surface area contributed by atoms with Crippen LogP contribution in [0.2, 0.25) is 0 Å². The Morgan fingerprint density at radius 2 is 1.90 bits per heavy atom. The molecular formula is C16H13BrN2O. The Balaban J connectivity index is 1.70. The normalized spacial score (nSPS) is 10.7. The minimum atomic E-state index is -0.0118. The summed E-state index contributed by atoms with van der Waals surface area (Å²) in [5, 5.41) is 4.01. The lowest BCUT2D eigenvalue weighted by molar-refractivity contribution is -0.115. The molecule has 1 heterocycles. The third-order valence-electron chi connectivity index (χ3n) is 3.11. The van der Waals surface area contributed by atoms with Crippen LogP contribution in [0.15, 0.2) is 59.2 Å². The number of anilines is 1. The highest BCUT2D eigenvalue weighted by Gasteiger charge is 2.05. The van der Waals surface area contributed by atoms with Gasteiger partial charge in [0.15, 0.2) is 0 Å². The highest BCUT2D eigenvalue weighted by molar-refractivity contribution is 9.10. The van der Waals surface area contributed by atoms with Crippen LogP contribution in [-0.2, 0) is 11.2 Å².